The van der Waals surface area contributed by atoms with Crippen molar-refractivity contribution in [3.63, 3.8) is 0 Å². The maximum Gasteiger partial charge on any atom is 0.313 e. The van der Waals surface area contributed by atoms with E-state index in [2.05, 4.69) is 4.90 Å². The molecule has 1 aromatic carbocycles. The van der Waals surface area contributed by atoms with E-state index in [-0.39, 0.29) is 24.8 Å². The molecule has 2 atom stereocenters. The summed E-state index contributed by atoms with van der Waals surface area (Å²) in [7, 11) is 0. The van der Waals surface area contributed by atoms with Crippen LogP contribution >= 0.6 is 0 Å². The fraction of sp³-hybridized carbons (Fsp3) is 0.600. The molecule has 2 saturated heterocycles. The van der Waals surface area contributed by atoms with Crippen LogP contribution in [0.15, 0.2) is 18.2 Å². The number of carbonyl (C=O) groups is 2. The predicted molar refractivity (Wildman–Crippen MR) is 94.0 cm³/mol. The van der Waals surface area contributed by atoms with Crippen molar-refractivity contribution in [3.05, 3.63) is 35.4 Å². The van der Waals surface area contributed by atoms with Gasteiger partial charge < -0.3 is 14.9 Å². The van der Waals surface area contributed by atoms with Crippen LogP contribution in [-0.2, 0) is 16.0 Å². The molecular formula is C20H24F2N2O3. The van der Waals surface area contributed by atoms with Gasteiger partial charge in [-0.15, -0.1) is 0 Å². The lowest BCUT2D eigenvalue weighted by molar-refractivity contribution is -0.149. The summed E-state index contributed by atoms with van der Waals surface area (Å²) < 4.78 is 26.4. The normalized spacial score (nSPS) is 28.2. The summed E-state index contributed by atoms with van der Waals surface area (Å²) in [6.45, 7) is 2.75. The van der Waals surface area contributed by atoms with Crippen LogP contribution in [0.5, 0.6) is 0 Å². The van der Waals surface area contributed by atoms with Crippen molar-refractivity contribution < 1.29 is 23.5 Å². The first-order valence-electron chi connectivity index (χ1n) is 9.55. The first kappa shape index (κ1) is 18.3. The SMILES string of the molecule is O=C(Cc1ccc(F)c(F)c1)N1C[C@H]2CN(CC3CCC3)C[C@@]2(C(=O)O)C1. The molecule has 3 fully saturated rings. The van der Waals surface area contributed by atoms with Crippen LogP contribution in [0.4, 0.5) is 8.78 Å². The molecule has 0 aromatic heterocycles. The Morgan fingerprint density at radius 2 is 1.93 bits per heavy atom. The molecule has 0 radical (unpaired) electrons. The van der Waals surface area contributed by atoms with Crippen LogP contribution in [0.1, 0.15) is 24.8 Å². The number of benzene rings is 1. The minimum atomic E-state index is -0.979. The highest BCUT2D eigenvalue weighted by molar-refractivity contribution is 5.83. The monoisotopic (exact) mass is 378 g/mol. The van der Waals surface area contributed by atoms with Gasteiger partial charge >= 0.3 is 5.97 Å². The van der Waals surface area contributed by atoms with E-state index in [1.54, 1.807) is 4.90 Å². The van der Waals surface area contributed by atoms with Gasteiger partial charge in [0.15, 0.2) is 11.6 Å². The topological polar surface area (TPSA) is 60.9 Å². The third-order valence-corrected chi connectivity index (χ3v) is 6.54. The number of aliphatic carboxylic acids is 1. The summed E-state index contributed by atoms with van der Waals surface area (Å²) in [4.78, 5) is 28.5. The van der Waals surface area contributed by atoms with Crippen molar-refractivity contribution in [2.24, 2.45) is 17.3 Å². The highest BCUT2D eigenvalue weighted by Crippen LogP contribution is 2.44. The number of fused-ring (bicyclic) bond motifs is 1. The maximum absolute atomic E-state index is 13.4. The van der Waals surface area contributed by atoms with Crippen molar-refractivity contribution in [3.8, 4) is 0 Å². The van der Waals surface area contributed by atoms with Gasteiger partial charge in [0.05, 0.1) is 6.42 Å². The molecule has 1 aromatic rings. The minimum Gasteiger partial charge on any atom is -0.481 e. The Kier molecular flexibility index (Phi) is 4.66. The van der Waals surface area contributed by atoms with Crippen LogP contribution in [0.3, 0.4) is 0 Å². The molecule has 1 saturated carbocycles. The Labute approximate surface area is 156 Å². The van der Waals surface area contributed by atoms with Crippen LogP contribution in [0, 0.1) is 28.9 Å². The first-order valence-corrected chi connectivity index (χ1v) is 9.55. The molecule has 146 valence electrons. The Hall–Kier alpha value is -2.02. The standard InChI is InChI=1S/C20H24F2N2O3/c21-16-5-4-14(6-17(16)22)7-18(25)24-10-15-9-23(8-13-2-1-3-13)11-20(15,12-24)19(26)27/h4-6,13,15H,1-3,7-12H2,(H,26,27)/t15-,20-/m1/s1. The maximum atomic E-state index is 13.4. The Bertz CT molecular complexity index is 768. The number of hydrogen-bond acceptors (Lipinski definition) is 3. The van der Waals surface area contributed by atoms with Crippen LogP contribution < -0.4 is 0 Å². The number of rotatable bonds is 5. The smallest absolute Gasteiger partial charge is 0.313 e. The second-order valence-electron chi connectivity index (χ2n) is 8.35. The fourth-order valence-electron chi connectivity index (χ4n) is 4.78. The fourth-order valence-corrected chi connectivity index (χ4v) is 4.78. The molecule has 2 aliphatic heterocycles. The van der Waals surface area contributed by atoms with Crippen LogP contribution in [0.2, 0.25) is 0 Å². The third kappa shape index (κ3) is 3.33. The van der Waals surface area contributed by atoms with E-state index in [4.69, 9.17) is 0 Å². The molecule has 2 heterocycles. The van der Waals surface area contributed by atoms with E-state index in [0.29, 0.717) is 31.1 Å². The van der Waals surface area contributed by atoms with Gasteiger partial charge in [-0.1, -0.05) is 12.5 Å². The van der Waals surface area contributed by atoms with Gasteiger partial charge in [-0.25, -0.2) is 8.78 Å². The number of carboxylic acid groups (broad SMARTS) is 1. The van der Waals surface area contributed by atoms with E-state index in [1.165, 1.54) is 25.3 Å². The van der Waals surface area contributed by atoms with Gasteiger partial charge in [-0.2, -0.15) is 0 Å². The first-order chi connectivity index (χ1) is 12.9. The van der Waals surface area contributed by atoms with Gasteiger partial charge in [-0.05, 0) is 36.5 Å². The highest BCUT2D eigenvalue weighted by atomic mass is 19.2. The van der Waals surface area contributed by atoms with E-state index in [9.17, 15) is 23.5 Å². The number of carbonyl (C=O) groups excluding carboxylic acids is 1. The molecule has 27 heavy (non-hydrogen) atoms. The van der Waals surface area contributed by atoms with E-state index in [0.717, 1.165) is 18.7 Å². The zero-order chi connectivity index (χ0) is 19.2. The number of hydrogen-bond donors (Lipinski definition) is 1. The molecule has 1 amide bonds. The second kappa shape index (κ2) is 6.86. The Morgan fingerprint density at radius 1 is 1.15 bits per heavy atom. The number of halogens is 2. The zero-order valence-corrected chi connectivity index (χ0v) is 15.2. The molecule has 7 heteroatoms. The molecule has 0 bridgehead atoms. The van der Waals surface area contributed by atoms with Gasteiger partial charge in [0, 0.05) is 38.6 Å². The molecule has 5 nitrogen and oxygen atoms in total. The summed E-state index contributed by atoms with van der Waals surface area (Å²) in [6.07, 6.45) is 3.66. The predicted octanol–water partition coefficient (Wildman–Crippen LogP) is 2.15. The largest absolute Gasteiger partial charge is 0.481 e. The van der Waals surface area contributed by atoms with Gasteiger partial charge in [0.25, 0.3) is 0 Å². The van der Waals surface area contributed by atoms with E-state index < -0.39 is 23.0 Å². The lowest BCUT2D eigenvalue weighted by atomic mass is 9.81. The minimum absolute atomic E-state index is 0.0502. The van der Waals surface area contributed by atoms with Gasteiger partial charge in [0.1, 0.15) is 5.41 Å². The van der Waals surface area contributed by atoms with E-state index >= 15 is 0 Å². The van der Waals surface area contributed by atoms with Crippen molar-refractivity contribution in [2.75, 3.05) is 32.7 Å². The lowest BCUT2D eigenvalue weighted by Crippen LogP contribution is -2.43. The second-order valence-corrected chi connectivity index (χ2v) is 8.35. The van der Waals surface area contributed by atoms with Crippen LogP contribution in [-0.4, -0.2) is 59.5 Å². The van der Waals surface area contributed by atoms with Crippen molar-refractivity contribution in [1.82, 2.24) is 9.80 Å². The van der Waals surface area contributed by atoms with Gasteiger partial charge in [0.2, 0.25) is 5.91 Å². The van der Waals surface area contributed by atoms with Crippen LogP contribution in [0.25, 0.3) is 0 Å². The van der Waals surface area contributed by atoms with Crippen molar-refractivity contribution >= 4 is 11.9 Å². The number of amides is 1. The summed E-state index contributed by atoms with van der Waals surface area (Å²) in [5.74, 6) is -2.40. The highest BCUT2D eigenvalue weighted by Gasteiger charge is 2.58. The Morgan fingerprint density at radius 3 is 2.52 bits per heavy atom. The average molecular weight is 378 g/mol. The number of carboxylic acids is 1. The summed E-state index contributed by atoms with van der Waals surface area (Å²) >= 11 is 0. The molecule has 0 unspecified atom stereocenters. The number of likely N-dealkylation sites (tertiary alicyclic amines) is 2. The van der Waals surface area contributed by atoms with Crippen molar-refractivity contribution in [2.45, 2.75) is 25.7 Å². The van der Waals surface area contributed by atoms with E-state index in [1.807, 2.05) is 0 Å². The van der Waals surface area contributed by atoms with Crippen molar-refractivity contribution in [1.29, 1.82) is 0 Å². The van der Waals surface area contributed by atoms with Gasteiger partial charge in [-0.3, -0.25) is 9.59 Å². The molecule has 1 aliphatic carbocycles. The lowest BCUT2D eigenvalue weighted by Gasteiger charge is -2.31. The Balaban J connectivity index is 1.42. The molecule has 0 spiro atoms. The summed E-state index contributed by atoms with van der Waals surface area (Å²) in [6, 6.07) is 3.42. The summed E-state index contributed by atoms with van der Waals surface area (Å²) in [5, 5.41) is 9.90. The molecule has 4 rings (SSSR count). The molecule has 1 N–H and O–H groups in total. The quantitative estimate of drug-likeness (QED) is 0.853. The zero-order valence-electron chi connectivity index (χ0n) is 15.2. The summed E-state index contributed by atoms with van der Waals surface area (Å²) in [5.41, 5.74) is -0.514. The average Bonchev–Trinajstić information content (AvgIpc) is 3.09. The third-order valence-electron chi connectivity index (χ3n) is 6.54. The molecular weight excluding hydrogens is 354 g/mol. The molecule has 3 aliphatic rings. The number of nitrogens with zero attached hydrogens (tertiary/aromatic N) is 2.